The van der Waals surface area contributed by atoms with E-state index in [1.165, 1.54) is 0 Å². The second-order valence-corrected chi connectivity index (χ2v) is 5.92. The number of hydrogen-bond acceptors (Lipinski definition) is 3. The first-order valence-electron chi connectivity index (χ1n) is 6.58. The Bertz CT molecular complexity index is 898. The molecule has 6 heteroatoms. The molecule has 0 atom stereocenters. The van der Waals surface area contributed by atoms with Gasteiger partial charge in [-0.3, -0.25) is 0 Å². The molecular formula is C17H8Cl3N3. The molecule has 3 aromatic rings. The van der Waals surface area contributed by atoms with E-state index in [0.717, 1.165) is 11.1 Å². The minimum Gasteiger partial charge on any atom is -0.232 e. The molecule has 1 heterocycles. The number of nitriles is 1. The van der Waals surface area contributed by atoms with Gasteiger partial charge in [-0.05, 0) is 24.3 Å². The van der Waals surface area contributed by atoms with Gasteiger partial charge in [0.25, 0.3) is 0 Å². The summed E-state index contributed by atoms with van der Waals surface area (Å²) < 4.78 is 0. The van der Waals surface area contributed by atoms with Crippen LogP contribution < -0.4 is 0 Å². The predicted octanol–water partition coefficient (Wildman–Crippen LogP) is 5.64. The summed E-state index contributed by atoms with van der Waals surface area (Å²) in [4.78, 5) is 8.70. The largest absolute Gasteiger partial charge is 0.232 e. The average molecular weight is 361 g/mol. The molecule has 112 valence electrons. The third-order valence-corrected chi connectivity index (χ3v) is 3.96. The molecule has 1 aromatic heterocycles. The van der Waals surface area contributed by atoms with E-state index in [1.54, 1.807) is 24.3 Å². The van der Waals surface area contributed by atoms with Crippen LogP contribution in [-0.4, -0.2) is 9.97 Å². The van der Waals surface area contributed by atoms with E-state index in [-0.39, 0.29) is 10.8 Å². The van der Waals surface area contributed by atoms with Crippen molar-refractivity contribution < 1.29 is 0 Å². The lowest BCUT2D eigenvalue weighted by Crippen LogP contribution is -1.98. The second kappa shape index (κ2) is 6.55. The Hall–Kier alpha value is -2.12. The van der Waals surface area contributed by atoms with Gasteiger partial charge in [0.05, 0.1) is 11.4 Å². The van der Waals surface area contributed by atoms with Crippen LogP contribution in [0.2, 0.25) is 15.2 Å². The molecule has 0 spiro atoms. The molecule has 0 bridgehead atoms. The zero-order chi connectivity index (χ0) is 16.4. The summed E-state index contributed by atoms with van der Waals surface area (Å²) in [5.41, 5.74) is 2.81. The second-order valence-electron chi connectivity index (χ2n) is 4.69. The SMILES string of the molecule is N#Cc1nc(-c2ccc(Cl)cc2)c(-c2ccc(Cl)cc2)nc1Cl. The molecule has 3 nitrogen and oxygen atoms in total. The molecule has 2 aromatic carbocycles. The van der Waals surface area contributed by atoms with E-state index in [0.29, 0.717) is 21.4 Å². The lowest BCUT2D eigenvalue weighted by Gasteiger charge is -2.10. The van der Waals surface area contributed by atoms with E-state index in [1.807, 2.05) is 30.3 Å². The van der Waals surface area contributed by atoms with Crippen LogP contribution in [0.3, 0.4) is 0 Å². The molecule has 0 fully saturated rings. The van der Waals surface area contributed by atoms with Gasteiger partial charge in [0.1, 0.15) is 6.07 Å². The zero-order valence-corrected chi connectivity index (χ0v) is 13.9. The molecule has 0 aliphatic carbocycles. The van der Waals surface area contributed by atoms with Gasteiger partial charge in [-0.1, -0.05) is 59.1 Å². The van der Waals surface area contributed by atoms with Crippen molar-refractivity contribution in [2.45, 2.75) is 0 Å². The number of aromatic nitrogens is 2. The van der Waals surface area contributed by atoms with Crippen LogP contribution in [0.5, 0.6) is 0 Å². The van der Waals surface area contributed by atoms with E-state index in [2.05, 4.69) is 9.97 Å². The maximum atomic E-state index is 9.16. The molecule has 3 rings (SSSR count). The van der Waals surface area contributed by atoms with Crippen molar-refractivity contribution in [3.05, 3.63) is 69.4 Å². The number of halogens is 3. The summed E-state index contributed by atoms with van der Waals surface area (Å²) in [6, 6.07) is 16.3. The molecule has 0 aliphatic rings. The van der Waals surface area contributed by atoms with Gasteiger partial charge in [0, 0.05) is 21.2 Å². The van der Waals surface area contributed by atoms with Gasteiger partial charge in [-0.2, -0.15) is 5.26 Å². The summed E-state index contributed by atoms with van der Waals surface area (Å²) >= 11 is 17.9. The van der Waals surface area contributed by atoms with Crippen molar-refractivity contribution in [1.82, 2.24) is 9.97 Å². The Kier molecular flexibility index (Phi) is 4.49. The van der Waals surface area contributed by atoms with Gasteiger partial charge < -0.3 is 0 Å². The van der Waals surface area contributed by atoms with Crippen LogP contribution in [0, 0.1) is 11.3 Å². The summed E-state index contributed by atoms with van der Waals surface area (Å²) in [5, 5.41) is 10.5. The van der Waals surface area contributed by atoms with Gasteiger partial charge in [-0.15, -0.1) is 0 Å². The maximum absolute atomic E-state index is 9.16. The van der Waals surface area contributed by atoms with Crippen LogP contribution in [0.15, 0.2) is 48.5 Å². The summed E-state index contributed by atoms with van der Waals surface area (Å²) in [7, 11) is 0. The number of rotatable bonds is 2. The Morgan fingerprint density at radius 3 is 1.57 bits per heavy atom. The van der Waals surface area contributed by atoms with Gasteiger partial charge in [0.2, 0.25) is 0 Å². The van der Waals surface area contributed by atoms with Crippen LogP contribution in [0.1, 0.15) is 5.69 Å². The first kappa shape index (κ1) is 15.8. The highest BCUT2D eigenvalue weighted by atomic mass is 35.5. The molecule has 0 saturated heterocycles. The van der Waals surface area contributed by atoms with Crippen LogP contribution in [-0.2, 0) is 0 Å². The van der Waals surface area contributed by atoms with Gasteiger partial charge >= 0.3 is 0 Å². The average Bonchev–Trinajstić information content (AvgIpc) is 2.56. The molecule has 0 unspecified atom stereocenters. The van der Waals surface area contributed by atoms with Crippen LogP contribution >= 0.6 is 34.8 Å². The highest BCUT2D eigenvalue weighted by Gasteiger charge is 2.15. The topological polar surface area (TPSA) is 49.6 Å². The summed E-state index contributed by atoms with van der Waals surface area (Å²) in [6.45, 7) is 0. The summed E-state index contributed by atoms with van der Waals surface area (Å²) in [5.74, 6) is 0. The van der Waals surface area contributed by atoms with Crippen LogP contribution in [0.4, 0.5) is 0 Å². The van der Waals surface area contributed by atoms with Crippen molar-refractivity contribution in [1.29, 1.82) is 5.26 Å². The monoisotopic (exact) mass is 359 g/mol. The first-order valence-corrected chi connectivity index (χ1v) is 7.71. The van der Waals surface area contributed by atoms with Crippen molar-refractivity contribution >= 4 is 34.8 Å². The fourth-order valence-electron chi connectivity index (χ4n) is 2.10. The third-order valence-electron chi connectivity index (χ3n) is 3.19. The van der Waals surface area contributed by atoms with Crippen molar-refractivity contribution in [2.24, 2.45) is 0 Å². The smallest absolute Gasteiger partial charge is 0.178 e. The molecule has 23 heavy (non-hydrogen) atoms. The lowest BCUT2D eigenvalue weighted by molar-refractivity contribution is 1.17. The minimum absolute atomic E-state index is 0.0650. The molecule has 0 N–H and O–H groups in total. The highest BCUT2D eigenvalue weighted by Crippen LogP contribution is 2.32. The quantitative estimate of drug-likeness (QED) is 0.594. The van der Waals surface area contributed by atoms with E-state index in [4.69, 9.17) is 40.1 Å². The number of hydrogen-bond donors (Lipinski definition) is 0. The van der Waals surface area contributed by atoms with Crippen molar-refractivity contribution in [3.8, 4) is 28.6 Å². The summed E-state index contributed by atoms with van der Waals surface area (Å²) in [6.07, 6.45) is 0. The van der Waals surface area contributed by atoms with Crippen molar-refractivity contribution in [2.75, 3.05) is 0 Å². The molecule has 0 amide bonds. The molecule has 0 aliphatic heterocycles. The first-order chi connectivity index (χ1) is 11.1. The lowest BCUT2D eigenvalue weighted by atomic mass is 10.0. The molecule has 0 radical (unpaired) electrons. The fraction of sp³-hybridized carbons (Fsp3) is 0. The Morgan fingerprint density at radius 2 is 1.13 bits per heavy atom. The maximum Gasteiger partial charge on any atom is 0.178 e. The third kappa shape index (κ3) is 3.30. The zero-order valence-electron chi connectivity index (χ0n) is 11.6. The highest BCUT2D eigenvalue weighted by molar-refractivity contribution is 6.31. The van der Waals surface area contributed by atoms with Crippen LogP contribution in [0.25, 0.3) is 22.5 Å². The Labute approximate surface area is 148 Å². The Morgan fingerprint density at radius 1 is 0.696 bits per heavy atom. The van der Waals surface area contributed by atoms with Crippen molar-refractivity contribution in [3.63, 3.8) is 0 Å². The minimum atomic E-state index is 0.0650. The van der Waals surface area contributed by atoms with E-state index in [9.17, 15) is 0 Å². The molecular weight excluding hydrogens is 353 g/mol. The standard InChI is InChI=1S/C17H8Cl3N3/c18-12-5-1-10(2-6-12)15-16(11-3-7-13(19)8-4-11)23-17(20)14(9-21)22-15/h1-8H. The Balaban J connectivity index is 2.25. The number of nitrogens with zero attached hydrogens (tertiary/aromatic N) is 3. The fourth-order valence-corrected chi connectivity index (χ4v) is 2.53. The predicted molar refractivity (Wildman–Crippen MR) is 92.6 cm³/mol. The van der Waals surface area contributed by atoms with Gasteiger partial charge in [0.15, 0.2) is 10.8 Å². The van der Waals surface area contributed by atoms with E-state index < -0.39 is 0 Å². The number of benzene rings is 2. The van der Waals surface area contributed by atoms with Gasteiger partial charge in [-0.25, -0.2) is 9.97 Å². The van der Waals surface area contributed by atoms with E-state index >= 15 is 0 Å². The normalized spacial score (nSPS) is 10.3. The molecule has 0 saturated carbocycles.